The Balaban J connectivity index is 2.03. The van der Waals surface area contributed by atoms with Crippen LogP contribution in [0.1, 0.15) is 54.4 Å². The molecule has 1 unspecified atom stereocenters. The van der Waals surface area contributed by atoms with E-state index >= 15 is 0 Å². The summed E-state index contributed by atoms with van der Waals surface area (Å²) < 4.78 is 0. The van der Waals surface area contributed by atoms with Crippen LogP contribution < -0.4 is 5.32 Å². The molecule has 2 rings (SSSR count). The second-order valence-electron chi connectivity index (χ2n) is 6.40. The number of nitrogens with one attached hydrogen (secondary N) is 2. The van der Waals surface area contributed by atoms with E-state index in [1.54, 1.807) is 5.51 Å². The van der Waals surface area contributed by atoms with Crippen LogP contribution in [0.5, 0.6) is 0 Å². The smallest absolute Gasteiger partial charge is 0.263 e. The lowest BCUT2D eigenvalue weighted by Gasteiger charge is -2.18. The number of aryl methyl sites for hydroxylation is 1. The lowest BCUT2D eigenvalue weighted by Crippen LogP contribution is -2.35. The molecule has 2 aromatic rings. The Bertz CT molecular complexity index is 624. The van der Waals surface area contributed by atoms with Gasteiger partial charge in [0.15, 0.2) is 0 Å². The van der Waals surface area contributed by atoms with Gasteiger partial charge in [0.2, 0.25) is 0 Å². The third-order valence-corrected chi connectivity index (χ3v) is 3.96. The Morgan fingerprint density at radius 2 is 2.19 bits per heavy atom. The third kappa shape index (κ3) is 3.91. The first-order chi connectivity index (χ1) is 9.77. The number of rotatable bonds is 4. The molecule has 1 atom stereocenters. The van der Waals surface area contributed by atoms with E-state index in [0.717, 1.165) is 17.1 Å². The normalized spacial score (nSPS) is 13.2. The van der Waals surface area contributed by atoms with E-state index in [2.05, 4.69) is 41.3 Å². The van der Waals surface area contributed by atoms with E-state index in [-0.39, 0.29) is 17.4 Å². The van der Waals surface area contributed by atoms with E-state index in [1.165, 1.54) is 11.3 Å². The first-order valence-electron chi connectivity index (χ1n) is 7.03. The van der Waals surface area contributed by atoms with Crippen LogP contribution in [0.15, 0.2) is 11.6 Å². The average Bonchev–Trinajstić information content (AvgIpc) is 2.96. The molecule has 0 aliphatic heterocycles. The minimum atomic E-state index is -0.130. The van der Waals surface area contributed by atoms with E-state index in [1.807, 2.05) is 19.9 Å². The standard InChI is InChI=1S/C15H22N4OS/c1-9(6-11-7-10(2)18-19-11)17-14(20)12-13(15(3,4)5)16-8-21-12/h7-9H,6H2,1-5H3,(H,17,20)(H,18,19). The molecular formula is C15H22N4OS. The molecule has 0 aliphatic rings. The molecule has 6 heteroatoms. The lowest BCUT2D eigenvalue weighted by molar-refractivity contribution is 0.0941. The molecule has 2 heterocycles. The van der Waals surface area contributed by atoms with E-state index in [9.17, 15) is 4.79 Å². The van der Waals surface area contributed by atoms with Crippen molar-refractivity contribution >= 4 is 17.2 Å². The summed E-state index contributed by atoms with van der Waals surface area (Å²) in [6, 6.07) is 2.02. The number of H-pyrrole nitrogens is 1. The summed E-state index contributed by atoms with van der Waals surface area (Å²) in [4.78, 5) is 17.5. The highest BCUT2D eigenvalue weighted by Crippen LogP contribution is 2.27. The molecule has 114 valence electrons. The average molecular weight is 306 g/mol. The summed E-state index contributed by atoms with van der Waals surface area (Å²) in [5, 5.41) is 10.1. The van der Waals surface area contributed by atoms with Crippen LogP contribution in [-0.4, -0.2) is 27.1 Å². The van der Waals surface area contributed by atoms with Crippen LogP contribution >= 0.6 is 11.3 Å². The number of amides is 1. The number of aromatic nitrogens is 3. The summed E-state index contributed by atoms with van der Waals surface area (Å²) in [6.07, 6.45) is 0.708. The van der Waals surface area contributed by atoms with Gasteiger partial charge in [-0.1, -0.05) is 20.8 Å². The summed E-state index contributed by atoms with van der Waals surface area (Å²) in [5.74, 6) is -0.0535. The second kappa shape index (κ2) is 5.97. The first kappa shape index (κ1) is 15.7. The molecule has 0 spiro atoms. The number of nitrogens with zero attached hydrogens (tertiary/aromatic N) is 2. The number of thiazole rings is 1. The predicted molar refractivity (Wildman–Crippen MR) is 84.8 cm³/mol. The Hall–Kier alpha value is -1.69. The van der Waals surface area contributed by atoms with Crippen molar-refractivity contribution in [3.8, 4) is 0 Å². The van der Waals surface area contributed by atoms with Gasteiger partial charge < -0.3 is 5.32 Å². The summed E-state index contributed by atoms with van der Waals surface area (Å²) in [6.45, 7) is 10.1. The van der Waals surface area contributed by atoms with Gasteiger partial charge in [-0.15, -0.1) is 11.3 Å². The molecule has 2 N–H and O–H groups in total. The van der Waals surface area contributed by atoms with Crippen LogP contribution in [0.3, 0.4) is 0 Å². The Labute approximate surface area is 129 Å². The summed E-state index contributed by atoms with van der Waals surface area (Å²) in [5.41, 5.74) is 4.45. The van der Waals surface area contributed by atoms with Crippen molar-refractivity contribution in [1.29, 1.82) is 0 Å². The molecule has 0 saturated carbocycles. The van der Waals surface area contributed by atoms with Gasteiger partial charge in [0.1, 0.15) is 4.88 Å². The highest BCUT2D eigenvalue weighted by molar-refractivity contribution is 7.11. The zero-order chi connectivity index (χ0) is 15.6. The number of hydrogen-bond acceptors (Lipinski definition) is 4. The SMILES string of the molecule is Cc1cc(CC(C)NC(=O)c2scnc2C(C)(C)C)n[nH]1. The Morgan fingerprint density at radius 3 is 2.76 bits per heavy atom. The molecule has 5 nitrogen and oxygen atoms in total. The topological polar surface area (TPSA) is 70.7 Å². The highest BCUT2D eigenvalue weighted by Gasteiger charge is 2.25. The minimum absolute atomic E-state index is 0.0233. The zero-order valence-corrected chi connectivity index (χ0v) is 14.0. The van der Waals surface area contributed by atoms with E-state index < -0.39 is 0 Å². The molecule has 0 fully saturated rings. The molecule has 0 aromatic carbocycles. The zero-order valence-electron chi connectivity index (χ0n) is 13.2. The van der Waals surface area contributed by atoms with Crippen molar-refractivity contribution in [2.24, 2.45) is 0 Å². The fourth-order valence-corrected chi connectivity index (χ4v) is 3.07. The van der Waals surface area contributed by atoms with Gasteiger partial charge >= 0.3 is 0 Å². The third-order valence-electron chi connectivity index (χ3n) is 3.14. The largest absolute Gasteiger partial charge is 0.348 e. The minimum Gasteiger partial charge on any atom is -0.348 e. The van der Waals surface area contributed by atoms with Crippen LogP contribution in [0.4, 0.5) is 0 Å². The predicted octanol–water partition coefficient (Wildman–Crippen LogP) is 2.83. The summed E-state index contributed by atoms with van der Waals surface area (Å²) >= 11 is 1.39. The monoisotopic (exact) mass is 306 g/mol. The van der Waals surface area contributed by atoms with E-state index in [0.29, 0.717) is 11.3 Å². The van der Waals surface area contributed by atoms with Gasteiger partial charge in [0.25, 0.3) is 5.91 Å². The molecule has 2 aromatic heterocycles. The molecule has 0 saturated heterocycles. The van der Waals surface area contributed by atoms with Crippen molar-refractivity contribution in [1.82, 2.24) is 20.5 Å². The van der Waals surface area contributed by atoms with Gasteiger partial charge in [0, 0.05) is 23.6 Å². The van der Waals surface area contributed by atoms with Crippen molar-refractivity contribution in [3.63, 3.8) is 0 Å². The fourth-order valence-electron chi connectivity index (χ4n) is 2.17. The van der Waals surface area contributed by atoms with Gasteiger partial charge in [-0.3, -0.25) is 9.89 Å². The van der Waals surface area contributed by atoms with Crippen LogP contribution in [0.25, 0.3) is 0 Å². The molecule has 21 heavy (non-hydrogen) atoms. The number of aromatic amines is 1. The second-order valence-corrected chi connectivity index (χ2v) is 7.26. The van der Waals surface area contributed by atoms with Crippen molar-refractivity contribution in [2.75, 3.05) is 0 Å². The van der Waals surface area contributed by atoms with Crippen molar-refractivity contribution < 1.29 is 4.79 Å². The van der Waals surface area contributed by atoms with Crippen molar-refractivity contribution in [2.45, 2.75) is 52.5 Å². The van der Waals surface area contributed by atoms with Gasteiger partial charge in [0.05, 0.1) is 16.9 Å². The van der Waals surface area contributed by atoms with E-state index in [4.69, 9.17) is 0 Å². The van der Waals surface area contributed by atoms with Crippen LogP contribution in [0.2, 0.25) is 0 Å². The van der Waals surface area contributed by atoms with Gasteiger partial charge in [-0.2, -0.15) is 5.10 Å². The quantitative estimate of drug-likeness (QED) is 0.912. The maximum atomic E-state index is 12.4. The molecule has 0 radical (unpaired) electrons. The molecule has 0 aliphatic carbocycles. The summed E-state index contributed by atoms with van der Waals surface area (Å²) in [7, 11) is 0. The fraction of sp³-hybridized carbons (Fsp3) is 0.533. The maximum absolute atomic E-state index is 12.4. The number of carbonyl (C=O) groups excluding carboxylic acids is 1. The molecule has 1 amide bonds. The Morgan fingerprint density at radius 1 is 1.48 bits per heavy atom. The lowest BCUT2D eigenvalue weighted by atomic mass is 9.91. The van der Waals surface area contributed by atoms with Crippen LogP contribution in [-0.2, 0) is 11.8 Å². The Kier molecular flexibility index (Phi) is 4.46. The van der Waals surface area contributed by atoms with Gasteiger partial charge in [-0.05, 0) is 19.9 Å². The molecular weight excluding hydrogens is 284 g/mol. The highest BCUT2D eigenvalue weighted by atomic mass is 32.1. The molecule has 0 bridgehead atoms. The number of carbonyl (C=O) groups is 1. The van der Waals surface area contributed by atoms with Crippen LogP contribution in [0, 0.1) is 6.92 Å². The maximum Gasteiger partial charge on any atom is 0.263 e. The van der Waals surface area contributed by atoms with Crippen molar-refractivity contribution in [3.05, 3.63) is 33.5 Å². The first-order valence-corrected chi connectivity index (χ1v) is 7.91. The number of hydrogen-bond donors (Lipinski definition) is 2. The van der Waals surface area contributed by atoms with Gasteiger partial charge in [-0.25, -0.2) is 4.98 Å².